The van der Waals surface area contributed by atoms with Crippen molar-refractivity contribution in [3.05, 3.63) is 70.3 Å². The van der Waals surface area contributed by atoms with E-state index in [2.05, 4.69) is 36.6 Å². The minimum Gasteiger partial charge on any atom is -0.507 e. The van der Waals surface area contributed by atoms with Crippen LogP contribution in [0.2, 0.25) is 0 Å². The molecule has 0 fully saturated rings. The first kappa shape index (κ1) is 18.0. The van der Waals surface area contributed by atoms with E-state index in [1.165, 1.54) is 12.5 Å². The fourth-order valence-corrected chi connectivity index (χ4v) is 3.70. The second-order valence-corrected chi connectivity index (χ2v) is 7.52. The van der Waals surface area contributed by atoms with Crippen molar-refractivity contribution in [1.82, 2.24) is 0 Å². The van der Waals surface area contributed by atoms with Gasteiger partial charge in [0.05, 0.1) is 11.6 Å². The molecule has 3 N–H and O–H groups in total. The number of amides is 1. The molecule has 28 heavy (non-hydrogen) atoms. The van der Waals surface area contributed by atoms with E-state index in [0.717, 1.165) is 11.3 Å². The molecule has 1 aliphatic heterocycles. The van der Waals surface area contributed by atoms with Crippen molar-refractivity contribution in [2.75, 3.05) is 10.6 Å². The van der Waals surface area contributed by atoms with Crippen molar-refractivity contribution in [3.8, 4) is 0 Å². The maximum atomic E-state index is 12.9. The molecule has 4 rings (SSSR count). The number of hydrogen-bond acceptors (Lipinski definition) is 4. The highest BCUT2D eigenvalue weighted by molar-refractivity contribution is 6.21. The first-order valence-corrected chi connectivity index (χ1v) is 9.33. The highest BCUT2D eigenvalue weighted by atomic mass is 16.3. The van der Waals surface area contributed by atoms with Gasteiger partial charge in [0.25, 0.3) is 0 Å². The number of hydrogen-bond donors (Lipinski definition) is 3. The highest BCUT2D eigenvalue weighted by Crippen LogP contribution is 2.38. The van der Waals surface area contributed by atoms with E-state index in [0.29, 0.717) is 28.3 Å². The zero-order chi connectivity index (χ0) is 20.0. The van der Waals surface area contributed by atoms with E-state index in [9.17, 15) is 14.7 Å². The Morgan fingerprint density at radius 1 is 1.14 bits per heavy atom. The van der Waals surface area contributed by atoms with Crippen LogP contribution in [0.4, 0.5) is 11.4 Å². The van der Waals surface area contributed by atoms with Gasteiger partial charge in [-0.25, -0.2) is 0 Å². The molecule has 0 bridgehead atoms. The van der Waals surface area contributed by atoms with Gasteiger partial charge < -0.3 is 15.7 Å². The number of anilines is 2. The van der Waals surface area contributed by atoms with Crippen molar-refractivity contribution in [2.24, 2.45) is 0 Å². The van der Waals surface area contributed by atoms with Crippen LogP contribution < -0.4 is 10.6 Å². The zero-order valence-electron chi connectivity index (χ0n) is 16.0. The number of Topliss-reactive ketones (excluding diaryl/α,β-unsaturated/α-hetero) is 1. The number of fused-ring (bicyclic) bond motifs is 2. The summed E-state index contributed by atoms with van der Waals surface area (Å²) in [5, 5.41) is 16.8. The Balaban J connectivity index is 1.67. The van der Waals surface area contributed by atoms with Gasteiger partial charge in [0.1, 0.15) is 5.76 Å². The molecule has 1 atom stereocenters. The van der Waals surface area contributed by atoms with Gasteiger partial charge in [-0.3, -0.25) is 9.59 Å². The molecule has 0 saturated heterocycles. The van der Waals surface area contributed by atoms with Crippen LogP contribution in [0.3, 0.4) is 0 Å². The molecule has 1 amide bonds. The molecular weight excluding hydrogens is 352 g/mol. The summed E-state index contributed by atoms with van der Waals surface area (Å²) >= 11 is 0. The van der Waals surface area contributed by atoms with E-state index in [1.807, 2.05) is 18.2 Å². The predicted octanol–water partition coefficient (Wildman–Crippen LogP) is 4.74. The summed E-state index contributed by atoms with van der Waals surface area (Å²) in [7, 11) is 0. The standard InChI is InChI=1S/C23H22N2O3/c1-12(2)14-4-8-19-15(10-14)5-9-20(25-19)21-22(27)17-7-6-16(24-13(3)26)11-18(17)23(21)28/h4-12,20,25,28H,1-3H3,(H,24,26). The van der Waals surface area contributed by atoms with E-state index < -0.39 is 6.04 Å². The first-order chi connectivity index (χ1) is 13.3. The fraction of sp³-hybridized carbons (Fsp3) is 0.217. The number of carbonyl (C=O) groups is 2. The van der Waals surface area contributed by atoms with Crippen molar-refractivity contribution >= 4 is 34.9 Å². The van der Waals surface area contributed by atoms with E-state index >= 15 is 0 Å². The average Bonchev–Trinajstić information content (AvgIpc) is 2.90. The molecule has 1 heterocycles. The van der Waals surface area contributed by atoms with Crippen LogP contribution >= 0.6 is 0 Å². The number of ketones is 1. The van der Waals surface area contributed by atoms with Crippen molar-refractivity contribution in [2.45, 2.75) is 32.7 Å². The number of aliphatic hydroxyl groups is 1. The van der Waals surface area contributed by atoms with Crippen LogP contribution in [0, 0.1) is 0 Å². The zero-order valence-corrected chi connectivity index (χ0v) is 16.0. The molecule has 0 radical (unpaired) electrons. The predicted molar refractivity (Wildman–Crippen MR) is 112 cm³/mol. The molecule has 2 aromatic carbocycles. The summed E-state index contributed by atoms with van der Waals surface area (Å²) < 4.78 is 0. The van der Waals surface area contributed by atoms with Crippen molar-refractivity contribution in [1.29, 1.82) is 0 Å². The molecule has 0 spiro atoms. The fourth-order valence-electron chi connectivity index (χ4n) is 3.70. The Morgan fingerprint density at radius 2 is 1.93 bits per heavy atom. The van der Waals surface area contributed by atoms with Gasteiger partial charge >= 0.3 is 0 Å². The maximum Gasteiger partial charge on any atom is 0.221 e. The van der Waals surface area contributed by atoms with Crippen LogP contribution in [0.5, 0.6) is 0 Å². The molecule has 2 aromatic rings. The van der Waals surface area contributed by atoms with E-state index in [1.54, 1.807) is 18.2 Å². The van der Waals surface area contributed by atoms with Crippen LogP contribution in [-0.2, 0) is 4.79 Å². The molecule has 0 saturated carbocycles. The van der Waals surface area contributed by atoms with Crippen LogP contribution in [0.1, 0.15) is 53.7 Å². The molecule has 5 heteroatoms. The number of aliphatic hydroxyl groups excluding tert-OH is 1. The number of benzene rings is 2. The van der Waals surface area contributed by atoms with Gasteiger partial charge in [-0.1, -0.05) is 32.1 Å². The Morgan fingerprint density at radius 3 is 2.64 bits per heavy atom. The molecule has 142 valence electrons. The topological polar surface area (TPSA) is 78.4 Å². The van der Waals surface area contributed by atoms with Crippen LogP contribution in [0.15, 0.2) is 48.0 Å². The second-order valence-electron chi connectivity index (χ2n) is 7.52. The first-order valence-electron chi connectivity index (χ1n) is 9.33. The second kappa shape index (κ2) is 6.68. The van der Waals surface area contributed by atoms with Crippen LogP contribution in [-0.4, -0.2) is 22.8 Å². The van der Waals surface area contributed by atoms with Gasteiger partial charge in [0, 0.05) is 29.4 Å². The molecule has 1 aliphatic carbocycles. The van der Waals surface area contributed by atoms with Crippen molar-refractivity contribution < 1.29 is 14.7 Å². The van der Waals surface area contributed by atoms with Gasteiger partial charge in [-0.05, 0) is 47.4 Å². The summed E-state index contributed by atoms with van der Waals surface area (Å²) in [6.45, 7) is 5.71. The number of carbonyl (C=O) groups excluding carboxylic acids is 2. The van der Waals surface area contributed by atoms with Crippen molar-refractivity contribution in [3.63, 3.8) is 0 Å². The minimum atomic E-state index is -0.415. The van der Waals surface area contributed by atoms with Crippen LogP contribution in [0.25, 0.3) is 11.8 Å². The largest absolute Gasteiger partial charge is 0.507 e. The Kier molecular flexibility index (Phi) is 4.30. The molecular formula is C23H22N2O3. The maximum absolute atomic E-state index is 12.9. The Hall–Kier alpha value is -3.34. The third-order valence-corrected chi connectivity index (χ3v) is 5.17. The lowest BCUT2D eigenvalue weighted by Crippen LogP contribution is -2.26. The summed E-state index contributed by atoms with van der Waals surface area (Å²) in [6, 6.07) is 10.8. The molecule has 0 aromatic heterocycles. The number of nitrogens with one attached hydrogen (secondary N) is 2. The lowest BCUT2D eigenvalue weighted by molar-refractivity contribution is -0.114. The highest BCUT2D eigenvalue weighted by Gasteiger charge is 2.35. The van der Waals surface area contributed by atoms with Gasteiger partial charge in [-0.2, -0.15) is 0 Å². The quantitative estimate of drug-likeness (QED) is 0.725. The lowest BCUT2D eigenvalue weighted by atomic mass is 9.94. The lowest BCUT2D eigenvalue weighted by Gasteiger charge is -2.24. The Bertz CT molecular complexity index is 1060. The Labute approximate surface area is 163 Å². The molecule has 5 nitrogen and oxygen atoms in total. The smallest absolute Gasteiger partial charge is 0.221 e. The molecule has 1 unspecified atom stereocenters. The minimum absolute atomic E-state index is 0.0448. The summed E-state index contributed by atoms with van der Waals surface area (Å²) in [4.78, 5) is 24.2. The average molecular weight is 374 g/mol. The molecule has 2 aliphatic rings. The van der Waals surface area contributed by atoms with Gasteiger partial charge in [0.2, 0.25) is 5.91 Å². The summed E-state index contributed by atoms with van der Waals surface area (Å²) in [5.41, 5.74) is 5.01. The van der Waals surface area contributed by atoms with E-state index in [-0.39, 0.29) is 17.4 Å². The van der Waals surface area contributed by atoms with Gasteiger partial charge in [0.15, 0.2) is 5.78 Å². The van der Waals surface area contributed by atoms with E-state index in [4.69, 9.17) is 0 Å². The third kappa shape index (κ3) is 2.99. The summed E-state index contributed by atoms with van der Waals surface area (Å²) in [5.74, 6) is -0.0167. The van der Waals surface area contributed by atoms with Gasteiger partial charge in [-0.15, -0.1) is 0 Å². The normalized spacial score (nSPS) is 17.4. The summed E-state index contributed by atoms with van der Waals surface area (Å²) in [6.07, 6.45) is 3.89. The monoisotopic (exact) mass is 374 g/mol. The SMILES string of the molecule is CC(=O)Nc1ccc2c(c1)C(O)=C(C1C=Cc3cc(C(C)C)ccc3N1)C2=O. The third-order valence-electron chi connectivity index (χ3n) is 5.17. The number of rotatable bonds is 3.